The summed E-state index contributed by atoms with van der Waals surface area (Å²) >= 11 is 0. The van der Waals surface area contributed by atoms with E-state index in [0.29, 0.717) is 11.9 Å². The maximum absolute atomic E-state index is 5.57. The standard InChI is InChI=1S/C13H21N3/c1-9-4-3-5-12(10(9)2)16-11-6-7-13(14)15-8-11/h6-10,12,16H,3-5H2,1-2H3,(H2,14,15). The molecule has 1 heterocycles. The molecule has 0 bridgehead atoms. The lowest BCUT2D eigenvalue weighted by molar-refractivity contribution is 0.253. The molecule has 0 aliphatic heterocycles. The number of rotatable bonds is 2. The van der Waals surface area contributed by atoms with Gasteiger partial charge in [-0.3, -0.25) is 0 Å². The summed E-state index contributed by atoms with van der Waals surface area (Å²) in [4.78, 5) is 4.10. The molecular weight excluding hydrogens is 198 g/mol. The molecule has 3 heteroatoms. The van der Waals surface area contributed by atoms with E-state index in [1.165, 1.54) is 19.3 Å². The van der Waals surface area contributed by atoms with Gasteiger partial charge in [0.25, 0.3) is 0 Å². The van der Waals surface area contributed by atoms with E-state index in [4.69, 9.17) is 5.73 Å². The number of pyridine rings is 1. The van der Waals surface area contributed by atoms with Crippen LogP contribution in [0.1, 0.15) is 33.1 Å². The molecule has 0 amide bonds. The molecule has 1 aliphatic carbocycles. The van der Waals surface area contributed by atoms with Gasteiger partial charge in [-0.1, -0.05) is 26.7 Å². The van der Waals surface area contributed by atoms with Gasteiger partial charge in [0.05, 0.1) is 11.9 Å². The fourth-order valence-electron chi connectivity index (χ4n) is 2.49. The van der Waals surface area contributed by atoms with Crippen LogP contribution in [0.25, 0.3) is 0 Å². The van der Waals surface area contributed by atoms with Crippen LogP contribution in [-0.4, -0.2) is 11.0 Å². The zero-order valence-electron chi connectivity index (χ0n) is 10.1. The van der Waals surface area contributed by atoms with Gasteiger partial charge in [-0.05, 0) is 30.4 Å². The summed E-state index contributed by atoms with van der Waals surface area (Å²) in [6.45, 7) is 4.69. The summed E-state index contributed by atoms with van der Waals surface area (Å²) in [6.07, 6.45) is 5.77. The van der Waals surface area contributed by atoms with Crippen LogP contribution in [0.3, 0.4) is 0 Å². The molecule has 0 radical (unpaired) electrons. The molecule has 0 spiro atoms. The number of nitrogens with one attached hydrogen (secondary N) is 1. The maximum Gasteiger partial charge on any atom is 0.123 e. The molecule has 3 N–H and O–H groups in total. The molecule has 1 aromatic rings. The van der Waals surface area contributed by atoms with Crippen molar-refractivity contribution in [1.29, 1.82) is 0 Å². The average molecular weight is 219 g/mol. The van der Waals surface area contributed by atoms with E-state index in [1.807, 2.05) is 18.3 Å². The Labute approximate surface area is 97.5 Å². The van der Waals surface area contributed by atoms with Crippen molar-refractivity contribution in [1.82, 2.24) is 4.98 Å². The van der Waals surface area contributed by atoms with E-state index in [-0.39, 0.29) is 0 Å². The van der Waals surface area contributed by atoms with Crippen molar-refractivity contribution in [3.63, 3.8) is 0 Å². The molecule has 1 aromatic heterocycles. The average Bonchev–Trinajstić information content (AvgIpc) is 2.28. The van der Waals surface area contributed by atoms with E-state index >= 15 is 0 Å². The summed E-state index contributed by atoms with van der Waals surface area (Å²) in [7, 11) is 0. The van der Waals surface area contributed by atoms with Gasteiger partial charge in [0.2, 0.25) is 0 Å². The number of nitrogens with two attached hydrogens (primary N) is 1. The molecule has 3 unspecified atom stereocenters. The monoisotopic (exact) mass is 219 g/mol. The summed E-state index contributed by atoms with van der Waals surface area (Å²) in [5.41, 5.74) is 6.65. The van der Waals surface area contributed by atoms with Gasteiger partial charge in [-0.15, -0.1) is 0 Å². The van der Waals surface area contributed by atoms with Gasteiger partial charge in [-0.25, -0.2) is 4.98 Å². The highest BCUT2D eigenvalue weighted by Crippen LogP contribution is 2.31. The van der Waals surface area contributed by atoms with Crippen LogP contribution in [0.4, 0.5) is 11.5 Å². The second kappa shape index (κ2) is 4.73. The minimum Gasteiger partial charge on any atom is -0.384 e. The van der Waals surface area contributed by atoms with E-state index in [0.717, 1.165) is 17.5 Å². The van der Waals surface area contributed by atoms with E-state index < -0.39 is 0 Å². The lowest BCUT2D eigenvalue weighted by Gasteiger charge is -2.35. The first kappa shape index (κ1) is 11.2. The third-order valence-corrected chi connectivity index (χ3v) is 3.85. The SMILES string of the molecule is CC1CCCC(Nc2ccc(N)nc2)C1C. The molecule has 3 nitrogen and oxygen atoms in total. The number of aromatic nitrogens is 1. The first-order valence-electron chi connectivity index (χ1n) is 6.15. The summed E-state index contributed by atoms with van der Waals surface area (Å²) < 4.78 is 0. The van der Waals surface area contributed by atoms with Gasteiger partial charge < -0.3 is 11.1 Å². The highest BCUT2D eigenvalue weighted by molar-refractivity contribution is 5.46. The van der Waals surface area contributed by atoms with Crippen molar-refractivity contribution >= 4 is 11.5 Å². The smallest absolute Gasteiger partial charge is 0.123 e. The van der Waals surface area contributed by atoms with Crippen LogP contribution < -0.4 is 11.1 Å². The third kappa shape index (κ3) is 2.46. The quantitative estimate of drug-likeness (QED) is 0.804. The van der Waals surface area contributed by atoms with E-state index in [1.54, 1.807) is 0 Å². The second-order valence-electron chi connectivity index (χ2n) is 4.99. The van der Waals surface area contributed by atoms with Crippen molar-refractivity contribution in [2.24, 2.45) is 11.8 Å². The summed E-state index contributed by atoms with van der Waals surface area (Å²) in [5, 5.41) is 3.57. The Hall–Kier alpha value is -1.25. The molecule has 1 saturated carbocycles. The largest absolute Gasteiger partial charge is 0.384 e. The Morgan fingerprint density at radius 2 is 2.12 bits per heavy atom. The Morgan fingerprint density at radius 1 is 1.31 bits per heavy atom. The zero-order chi connectivity index (χ0) is 11.5. The predicted molar refractivity (Wildman–Crippen MR) is 68.2 cm³/mol. The Morgan fingerprint density at radius 3 is 2.81 bits per heavy atom. The Bertz CT molecular complexity index is 334. The lowest BCUT2D eigenvalue weighted by Crippen LogP contribution is -2.35. The molecule has 2 rings (SSSR count). The van der Waals surface area contributed by atoms with Gasteiger partial charge in [0.1, 0.15) is 5.82 Å². The summed E-state index contributed by atoms with van der Waals surface area (Å²) in [6, 6.07) is 4.43. The molecule has 88 valence electrons. The van der Waals surface area contributed by atoms with Crippen LogP contribution in [-0.2, 0) is 0 Å². The topological polar surface area (TPSA) is 50.9 Å². The molecule has 0 saturated heterocycles. The Kier molecular flexibility index (Phi) is 3.32. The van der Waals surface area contributed by atoms with Crippen molar-refractivity contribution in [2.75, 3.05) is 11.1 Å². The van der Waals surface area contributed by atoms with Crippen LogP contribution in [0, 0.1) is 11.8 Å². The lowest BCUT2D eigenvalue weighted by atomic mass is 9.78. The van der Waals surface area contributed by atoms with Crippen molar-refractivity contribution < 1.29 is 0 Å². The molecule has 3 atom stereocenters. The number of nitrogen functional groups attached to an aromatic ring is 1. The molecule has 1 aliphatic rings. The molecule has 16 heavy (non-hydrogen) atoms. The highest BCUT2D eigenvalue weighted by Gasteiger charge is 2.26. The van der Waals surface area contributed by atoms with Crippen molar-refractivity contribution in [3.05, 3.63) is 18.3 Å². The minimum atomic E-state index is 0.578. The fourth-order valence-corrected chi connectivity index (χ4v) is 2.49. The van der Waals surface area contributed by atoms with Crippen LogP contribution in [0.2, 0.25) is 0 Å². The zero-order valence-corrected chi connectivity index (χ0v) is 10.1. The highest BCUT2D eigenvalue weighted by atomic mass is 15.0. The predicted octanol–water partition coefficient (Wildman–Crippen LogP) is 2.90. The number of hydrogen-bond acceptors (Lipinski definition) is 3. The minimum absolute atomic E-state index is 0.578. The van der Waals surface area contributed by atoms with Crippen LogP contribution >= 0.6 is 0 Å². The number of anilines is 2. The van der Waals surface area contributed by atoms with E-state index in [2.05, 4.69) is 24.1 Å². The first-order valence-corrected chi connectivity index (χ1v) is 6.15. The second-order valence-corrected chi connectivity index (χ2v) is 4.99. The fraction of sp³-hybridized carbons (Fsp3) is 0.615. The third-order valence-electron chi connectivity index (χ3n) is 3.85. The van der Waals surface area contributed by atoms with Gasteiger partial charge in [-0.2, -0.15) is 0 Å². The van der Waals surface area contributed by atoms with Gasteiger partial charge in [0.15, 0.2) is 0 Å². The van der Waals surface area contributed by atoms with Gasteiger partial charge >= 0.3 is 0 Å². The normalized spacial score (nSPS) is 30.0. The molecule has 1 fully saturated rings. The van der Waals surface area contributed by atoms with Crippen LogP contribution in [0.15, 0.2) is 18.3 Å². The van der Waals surface area contributed by atoms with Gasteiger partial charge in [0, 0.05) is 6.04 Å². The van der Waals surface area contributed by atoms with Crippen molar-refractivity contribution in [3.8, 4) is 0 Å². The van der Waals surface area contributed by atoms with Crippen LogP contribution in [0.5, 0.6) is 0 Å². The number of hydrogen-bond donors (Lipinski definition) is 2. The van der Waals surface area contributed by atoms with E-state index in [9.17, 15) is 0 Å². The number of nitrogens with zero attached hydrogens (tertiary/aromatic N) is 1. The summed E-state index contributed by atoms with van der Waals surface area (Å²) in [5.74, 6) is 2.12. The molecular formula is C13H21N3. The molecule has 0 aromatic carbocycles. The maximum atomic E-state index is 5.57. The first-order chi connectivity index (χ1) is 7.66. The Balaban J connectivity index is 2.00. The van der Waals surface area contributed by atoms with Crippen molar-refractivity contribution in [2.45, 2.75) is 39.2 Å².